The molecule has 5 heteroatoms. The molecule has 1 saturated carbocycles. The molecular weight excluding hydrogens is 238 g/mol. The normalized spacial score (nSPS) is 16.3. The Balaban J connectivity index is 2.12. The number of azide groups is 1. The first-order valence-electron chi connectivity index (χ1n) is 7.28. The monoisotopic (exact) mass is 261 g/mol. The number of hydrogen-bond donors (Lipinski definition) is 0. The van der Waals surface area contributed by atoms with Crippen molar-refractivity contribution in [3.63, 3.8) is 0 Å². The highest BCUT2D eigenvalue weighted by molar-refractivity contribution is 5.17. The summed E-state index contributed by atoms with van der Waals surface area (Å²) >= 11 is 0. The highest BCUT2D eigenvalue weighted by Crippen LogP contribution is 2.33. The number of aryl methyl sites for hydroxylation is 1. The van der Waals surface area contributed by atoms with E-state index in [0.717, 1.165) is 18.7 Å². The van der Waals surface area contributed by atoms with E-state index in [0.29, 0.717) is 12.5 Å². The van der Waals surface area contributed by atoms with Crippen molar-refractivity contribution < 1.29 is 0 Å². The average Bonchev–Trinajstić information content (AvgIpc) is 2.72. The van der Waals surface area contributed by atoms with Crippen molar-refractivity contribution >= 4 is 0 Å². The topological polar surface area (TPSA) is 66.6 Å². The lowest BCUT2D eigenvalue weighted by atomic mass is 9.88. The SMILES string of the molecule is Cc1nc(C2CCCCC2)n(CCCN=[N+]=[N-])c1C. The van der Waals surface area contributed by atoms with Crippen LogP contribution in [0.3, 0.4) is 0 Å². The van der Waals surface area contributed by atoms with Crippen LogP contribution < -0.4 is 0 Å². The van der Waals surface area contributed by atoms with E-state index in [4.69, 9.17) is 10.5 Å². The van der Waals surface area contributed by atoms with E-state index >= 15 is 0 Å². The second-order valence-electron chi connectivity index (χ2n) is 5.44. The first kappa shape index (κ1) is 13.9. The van der Waals surface area contributed by atoms with Crippen molar-refractivity contribution in [1.82, 2.24) is 9.55 Å². The van der Waals surface area contributed by atoms with Gasteiger partial charge in [0.2, 0.25) is 0 Å². The minimum Gasteiger partial charge on any atom is -0.332 e. The Kier molecular flexibility index (Phi) is 4.86. The molecule has 0 atom stereocenters. The van der Waals surface area contributed by atoms with Gasteiger partial charge in [-0.2, -0.15) is 0 Å². The summed E-state index contributed by atoms with van der Waals surface area (Å²) in [6.45, 7) is 5.71. The van der Waals surface area contributed by atoms with Crippen molar-refractivity contribution in [3.05, 3.63) is 27.7 Å². The van der Waals surface area contributed by atoms with E-state index in [2.05, 4.69) is 28.4 Å². The van der Waals surface area contributed by atoms with Crippen molar-refractivity contribution in [2.45, 2.75) is 64.8 Å². The summed E-state index contributed by atoms with van der Waals surface area (Å²) in [6, 6.07) is 0. The fourth-order valence-corrected chi connectivity index (χ4v) is 2.98. The number of rotatable bonds is 5. The van der Waals surface area contributed by atoms with Gasteiger partial charge in [-0.25, -0.2) is 4.98 Å². The summed E-state index contributed by atoms with van der Waals surface area (Å²) in [5.74, 6) is 1.89. The molecule has 2 rings (SSSR count). The van der Waals surface area contributed by atoms with Crippen LogP contribution in [0.25, 0.3) is 10.4 Å². The van der Waals surface area contributed by atoms with Crippen molar-refractivity contribution in [2.75, 3.05) is 6.54 Å². The van der Waals surface area contributed by atoms with Crippen LogP contribution >= 0.6 is 0 Å². The maximum Gasteiger partial charge on any atom is 0.112 e. The number of aromatic nitrogens is 2. The van der Waals surface area contributed by atoms with Gasteiger partial charge >= 0.3 is 0 Å². The lowest BCUT2D eigenvalue weighted by Crippen LogP contribution is -2.13. The van der Waals surface area contributed by atoms with E-state index in [9.17, 15) is 0 Å². The van der Waals surface area contributed by atoms with Crippen LogP contribution in [0, 0.1) is 13.8 Å². The Hall–Kier alpha value is -1.48. The second-order valence-corrected chi connectivity index (χ2v) is 5.44. The quantitative estimate of drug-likeness (QED) is 0.338. The van der Waals surface area contributed by atoms with Gasteiger partial charge in [0.1, 0.15) is 5.82 Å². The van der Waals surface area contributed by atoms with Gasteiger partial charge in [-0.1, -0.05) is 24.4 Å². The van der Waals surface area contributed by atoms with E-state index in [1.54, 1.807) is 0 Å². The molecule has 19 heavy (non-hydrogen) atoms. The standard InChI is InChI=1S/C14H23N5/c1-11-12(2)19(10-6-9-16-18-15)14(17-11)13-7-4-3-5-8-13/h13H,3-10H2,1-2H3. The van der Waals surface area contributed by atoms with Gasteiger partial charge in [-0.15, -0.1) is 0 Å². The Labute approximate surface area is 114 Å². The summed E-state index contributed by atoms with van der Waals surface area (Å²) < 4.78 is 2.35. The van der Waals surface area contributed by atoms with E-state index in [-0.39, 0.29) is 0 Å². The molecule has 0 aliphatic heterocycles. The Morgan fingerprint density at radius 3 is 2.74 bits per heavy atom. The third kappa shape index (κ3) is 3.29. The van der Waals surface area contributed by atoms with Gasteiger partial charge < -0.3 is 4.57 Å². The molecule has 1 aliphatic carbocycles. The maximum atomic E-state index is 8.32. The third-order valence-corrected chi connectivity index (χ3v) is 4.16. The van der Waals surface area contributed by atoms with Gasteiger partial charge in [0.25, 0.3) is 0 Å². The summed E-state index contributed by atoms with van der Waals surface area (Å²) in [4.78, 5) is 7.60. The summed E-state index contributed by atoms with van der Waals surface area (Å²) in [7, 11) is 0. The summed E-state index contributed by atoms with van der Waals surface area (Å²) in [5, 5.41) is 3.61. The predicted molar refractivity (Wildman–Crippen MR) is 76.2 cm³/mol. The van der Waals surface area contributed by atoms with Crippen LogP contribution in [0.5, 0.6) is 0 Å². The molecule has 0 unspecified atom stereocenters. The van der Waals surface area contributed by atoms with E-state index in [1.807, 2.05) is 0 Å². The molecule has 0 radical (unpaired) electrons. The fourth-order valence-electron chi connectivity index (χ4n) is 2.98. The highest BCUT2D eigenvalue weighted by atomic mass is 15.1. The average molecular weight is 261 g/mol. The summed E-state index contributed by atoms with van der Waals surface area (Å²) in [5.41, 5.74) is 10.7. The maximum absolute atomic E-state index is 8.32. The molecule has 1 heterocycles. The first-order chi connectivity index (χ1) is 9.24. The molecule has 0 aromatic carbocycles. The molecule has 1 aromatic heterocycles. The molecule has 104 valence electrons. The molecule has 0 N–H and O–H groups in total. The molecule has 0 spiro atoms. The molecule has 0 saturated heterocycles. The van der Waals surface area contributed by atoms with Gasteiger partial charge in [0, 0.05) is 29.6 Å². The largest absolute Gasteiger partial charge is 0.332 e. The predicted octanol–water partition coefficient (Wildman–Crippen LogP) is 4.25. The molecular formula is C14H23N5. The Morgan fingerprint density at radius 2 is 2.05 bits per heavy atom. The van der Waals surface area contributed by atoms with Crippen LogP contribution in [-0.4, -0.2) is 16.1 Å². The number of nitrogens with zero attached hydrogens (tertiary/aromatic N) is 5. The minimum absolute atomic E-state index is 0.567. The van der Waals surface area contributed by atoms with Crippen molar-refractivity contribution in [1.29, 1.82) is 0 Å². The van der Waals surface area contributed by atoms with Crippen LogP contribution in [0.15, 0.2) is 5.11 Å². The van der Waals surface area contributed by atoms with Crippen LogP contribution in [0.4, 0.5) is 0 Å². The zero-order valence-electron chi connectivity index (χ0n) is 12.0. The molecule has 1 aromatic rings. The lowest BCUT2D eigenvalue weighted by molar-refractivity contribution is 0.412. The van der Waals surface area contributed by atoms with Crippen LogP contribution in [0.2, 0.25) is 0 Å². The molecule has 0 bridgehead atoms. The minimum atomic E-state index is 0.567. The van der Waals surface area contributed by atoms with Gasteiger partial charge in [-0.3, -0.25) is 0 Å². The zero-order valence-corrected chi connectivity index (χ0v) is 12.0. The summed E-state index contributed by atoms with van der Waals surface area (Å²) in [6.07, 6.45) is 7.45. The van der Waals surface area contributed by atoms with Gasteiger partial charge in [0.05, 0.1) is 5.69 Å². The molecule has 1 aliphatic rings. The second kappa shape index (κ2) is 6.62. The first-order valence-corrected chi connectivity index (χ1v) is 7.28. The molecule has 5 nitrogen and oxygen atoms in total. The smallest absolute Gasteiger partial charge is 0.112 e. The zero-order chi connectivity index (χ0) is 13.7. The van der Waals surface area contributed by atoms with Crippen LogP contribution in [-0.2, 0) is 6.54 Å². The fraction of sp³-hybridized carbons (Fsp3) is 0.786. The third-order valence-electron chi connectivity index (χ3n) is 4.16. The Bertz CT molecular complexity index is 464. The number of imidazole rings is 1. The molecule has 1 fully saturated rings. The Morgan fingerprint density at radius 1 is 1.32 bits per heavy atom. The van der Waals surface area contributed by atoms with Gasteiger partial charge in [0.15, 0.2) is 0 Å². The van der Waals surface area contributed by atoms with E-state index in [1.165, 1.54) is 43.6 Å². The number of hydrogen-bond acceptors (Lipinski definition) is 2. The van der Waals surface area contributed by atoms with Crippen LogP contribution in [0.1, 0.15) is 61.7 Å². The van der Waals surface area contributed by atoms with Gasteiger partial charge in [-0.05, 0) is 38.6 Å². The highest BCUT2D eigenvalue weighted by Gasteiger charge is 2.22. The van der Waals surface area contributed by atoms with Crippen molar-refractivity contribution in [2.24, 2.45) is 5.11 Å². The lowest BCUT2D eigenvalue weighted by Gasteiger charge is -2.22. The molecule has 0 amide bonds. The van der Waals surface area contributed by atoms with Crippen molar-refractivity contribution in [3.8, 4) is 0 Å². The van der Waals surface area contributed by atoms with E-state index < -0.39 is 0 Å².